The predicted octanol–water partition coefficient (Wildman–Crippen LogP) is 5.53. The highest BCUT2D eigenvalue weighted by atomic mass is 32.2. The van der Waals surface area contributed by atoms with Crippen LogP contribution in [0.1, 0.15) is 30.9 Å². The van der Waals surface area contributed by atoms with Crippen molar-refractivity contribution in [3.63, 3.8) is 0 Å². The van der Waals surface area contributed by atoms with Gasteiger partial charge in [-0.3, -0.25) is 9.47 Å². The highest BCUT2D eigenvalue weighted by Crippen LogP contribution is 2.29. The summed E-state index contributed by atoms with van der Waals surface area (Å²) in [5, 5.41) is 6.79. The van der Waals surface area contributed by atoms with E-state index in [-0.39, 0.29) is 0 Å². The molecule has 1 aliphatic heterocycles. The number of thiophene rings is 1. The van der Waals surface area contributed by atoms with Crippen molar-refractivity contribution in [2.75, 3.05) is 26.2 Å². The quantitative estimate of drug-likeness (QED) is 0.282. The van der Waals surface area contributed by atoms with E-state index in [0.29, 0.717) is 47.7 Å². The molecule has 0 bridgehead atoms. The molecule has 4 aromatic rings. The summed E-state index contributed by atoms with van der Waals surface area (Å²) in [7, 11) is -3.44. The molecule has 0 amide bonds. The molecule has 5 rings (SSSR count). The second-order valence-corrected chi connectivity index (χ2v) is 13.1. The van der Waals surface area contributed by atoms with Gasteiger partial charge >= 0.3 is 0 Å². The van der Waals surface area contributed by atoms with Crippen LogP contribution in [0, 0.1) is 11.7 Å². The van der Waals surface area contributed by atoms with Crippen LogP contribution in [0.25, 0.3) is 17.1 Å². The van der Waals surface area contributed by atoms with E-state index in [1.165, 1.54) is 22.5 Å². The third-order valence-electron chi connectivity index (χ3n) is 6.70. The molecule has 2 aromatic carbocycles. The lowest BCUT2D eigenvalue weighted by Crippen LogP contribution is -2.48. The standard InChI is InChI=1S/C27H31N5O2S3/c1-20(2)23-7-4-5-8-24(23)32-26(22-12-10-21(3)11-13-22)28-31(27(32)35)19-29-14-16-30(17-15-29)37(33,34)25-9-6-18-36-25/h4-13,18,20H,14-17,19H2,1-3H3. The number of aromatic nitrogens is 3. The number of piperazine rings is 1. The minimum Gasteiger partial charge on any atom is -0.282 e. The third kappa shape index (κ3) is 5.21. The van der Waals surface area contributed by atoms with E-state index >= 15 is 0 Å². The van der Waals surface area contributed by atoms with Crippen LogP contribution in [0.4, 0.5) is 0 Å². The van der Waals surface area contributed by atoms with Crippen molar-refractivity contribution < 1.29 is 8.42 Å². The van der Waals surface area contributed by atoms with Crippen LogP contribution in [-0.2, 0) is 16.7 Å². The van der Waals surface area contributed by atoms with Gasteiger partial charge in [-0.25, -0.2) is 13.1 Å². The zero-order valence-electron chi connectivity index (χ0n) is 21.2. The molecule has 0 aliphatic carbocycles. The van der Waals surface area contributed by atoms with Crippen LogP contribution in [0.3, 0.4) is 0 Å². The van der Waals surface area contributed by atoms with E-state index in [4.69, 9.17) is 17.3 Å². The number of nitrogens with zero attached hydrogens (tertiary/aromatic N) is 5. The van der Waals surface area contributed by atoms with Crippen molar-refractivity contribution >= 4 is 33.6 Å². The lowest BCUT2D eigenvalue weighted by molar-refractivity contribution is 0.145. The zero-order valence-corrected chi connectivity index (χ0v) is 23.7. The molecule has 0 spiro atoms. The summed E-state index contributed by atoms with van der Waals surface area (Å²) < 4.78 is 32.4. The Morgan fingerprint density at radius 2 is 1.68 bits per heavy atom. The van der Waals surface area contributed by atoms with Crippen LogP contribution in [0.5, 0.6) is 0 Å². The maximum absolute atomic E-state index is 12.9. The fourth-order valence-corrected chi connectivity index (χ4v) is 7.47. The smallest absolute Gasteiger partial charge is 0.252 e. The maximum Gasteiger partial charge on any atom is 0.252 e. The molecule has 0 N–H and O–H groups in total. The van der Waals surface area contributed by atoms with Crippen molar-refractivity contribution in [1.82, 2.24) is 23.6 Å². The highest BCUT2D eigenvalue weighted by Gasteiger charge is 2.29. The summed E-state index contributed by atoms with van der Waals surface area (Å²) in [5.41, 5.74) is 4.43. The molecule has 1 fully saturated rings. The van der Waals surface area contributed by atoms with E-state index in [9.17, 15) is 8.42 Å². The first-order chi connectivity index (χ1) is 17.8. The molecule has 194 valence electrons. The first-order valence-electron chi connectivity index (χ1n) is 12.4. The fourth-order valence-electron chi connectivity index (χ4n) is 4.62. The normalized spacial score (nSPS) is 15.5. The van der Waals surface area contributed by atoms with Crippen molar-refractivity contribution in [3.05, 3.63) is 81.9 Å². The van der Waals surface area contributed by atoms with Crippen LogP contribution in [-0.4, -0.2) is 58.1 Å². The van der Waals surface area contributed by atoms with Crippen molar-refractivity contribution in [1.29, 1.82) is 0 Å². The topological polar surface area (TPSA) is 63.4 Å². The van der Waals surface area contributed by atoms with Gasteiger partial charge < -0.3 is 0 Å². The van der Waals surface area contributed by atoms with Gasteiger partial charge in [0.1, 0.15) is 4.21 Å². The molecule has 1 saturated heterocycles. The molecule has 37 heavy (non-hydrogen) atoms. The molecule has 0 unspecified atom stereocenters. The van der Waals surface area contributed by atoms with Gasteiger partial charge in [-0.05, 0) is 48.1 Å². The van der Waals surface area contributed by atoms with E-state index in [0.717, 1.165) is 17.1 Å². The van der Waals surface area contributed by atoms with Gasteiger partial charge in [0, 0.05) is 31.7 Å². The van der Waals surface area contributed by atoms with Gasteiger partial charge in [0.05, 0.1) is 12.4 Å². The molecule has 0 saturated carbocycles. The molecular formula is C27H31N5O2S3. The van der Waals surface area contributed by atoms with Crippen LogP contribution >= 0.6 is 23.6 Å². The number of hydrogen-bond donors (Lipinski definition) is 0. The Kier molecular flexibility index (Phi) is 7.46. The number of rotatable bonds is 7. The van der Waals surface area contributed by atoms with E-state index in [2.05, 4.69) is 72.7 Å². The number of sulfonamides is 1. The lowest BCUT2D eigenvalue weighted by Gasteiger charge is -2.33. The molecule has 7 nitrogen and oxygen atoms in total. The Bertz CT molecular complexity index is 1530. The van der Waals surface area contributed by atoms with Crippen molar-refractivity contribution in [3.8, 4) is 17.1 Å². The minimum absolute atomic E-state index is 0.325. The molecule has 0 atom stereocenters. The van der Waals surface area contributed by atoms with Crippen LogP contribution in [0.2, 0.25) is 0 Å². The number of para-hydroxylation sites is 1. The molecule has 3 heterocycles. The third-order valence-corrected chi connectivity index (χ3v) is 10.4. The van der Waals surface area contributed by atoms with Gasteiger partial charge in [-0.1, -0.05) is 67.9 Å². The van der Waals surface area contributed by atoms with Crippen LogP contribution in [0.15, 0.2) is 70.3 Å². The Balaban J connectivity index is 1.45. The lowest BCUT2D eigenvalue weighted by atomic mass is 10.0. The molecule has 1 aliphatic rings. The second kappa shape index (κ2) is 10.6. The summed E-state index contributed by atoms with van der Waals surface area (Å²) in [5.74, 6) is 1.13. The Labute approximate surface area is 227 Å². The van der Waals surface area contributed by atoms with Gasteiger partial charge in [-0.15, -0.1) is 16.4 Å². The van der Waals surface area contributed by atoms with Gasteiger partial charge in [0.15, 0.2) is 5.82 Å². The van der Waals surface area contributed by atoms with E-state index in [1.807, 2.05) is 10.7 Å². The first-order valence-corrected chi connectivity index (χ1v) is 15.1. The zero-order chi connectivity index (χ0) is 26.2. The summed E-state index contributed by atoms with van der Waals surface area (Å²) >= 11 is 7.26. The van der Waals surface area contributed by atoms with Crippen LogP contribution < -0.4 is 0 Å². The SMILES string of the molecule is Cc1ccc(-c2nn(CN3CCN(S(=O)(=O)c4cccs4)CC3)c(=S)n2-c2ccccc2C(C)C)cc1. The van der Waals surface area contributed by atoms with Gasteiger partial charge in [0.2, 0.25) is 4.77 Å². The maximum atomic E-state index is 12.9. The summed E-state index contributed by atoms with van der Waals surface area (Å²) in [6, 6.07) is 20.1. The Morgan fingerprint density at radius 1 is 0.973 bits per heavy atom. The summed E-state index contributed by atoms with van der Waals surface area (Å²) in [6.45, 7) is 9.04. The van der Waals surface area contributed by atoms with Gasteiger partial charge in [-0.2, -0.15) is 4.31 Å². The summed E-state index contributed by atoms with van der Waals surface area (Å²) in [4.78, 5) is 2.21. The average molecular weight is 554 g/mol. The first kappa shape index (κ1) is 26.0. The Hall–Kier alpha value is -2.63. The highest BCUT2D eigenvalue weighted by molar-refractivity contribution is 7.91. The fraction of sp³-hybridized carbons (Fsp3) is 0.333. The molecule has 10 heteroatoms. The monoisotopic (exact) mass is 553 g/mol. The van der Waals surface area contributed by atoms with Crippen molar-refractivity contribution in [2.45, 2.75) is 37.6 Å². The summed E-state index contributed by atoms with van der Waals surface area (Å²) in [6.07, 6.45) is 0. The number of aryl methyl sites for hydroxylation is 1. The van der Waals surface area contributed by atoms with E-state index < -0.39 is 10.0 Å². The predicted molar refractivity (Wildman–Crippen MR) is 151 cm³/mol. The second-order valence-electron chi connectivity index (χ2n) is 9.62. The molecule has 2 aromatic heterocycles. The van der Waals surface area contributed by atoms with Crippen molar-refractivity contribution in [2.24, 2.45) is 0 Å². The Morgan fingerprint density at radius 3 is 2.32 bits per heavy atom. The largest absolute Gasteiger partial charge is 0.282 e. The number of hydrogen-bond acceptors (Lipinski definition) is 6. The molecular weight excluding hydrogens is 523 g/mol. The average Bonchev–Trinajstić information content (AvgIpc) is 3.54. The van der Waals surface area contributed by atoms with Gasteiger partial charge in [0.25, 0.3) is 10.0 Å². The molecule has 0 radical (unpaired) electrons. The van der Waals surface area contributed by atoms with E-state index in [1.54, 1.807) is 21.8 Å². The minimum atomic E-state index is -3.44. The number of benzene rings is 2.